The van der Waals surface area contributed by atoms with Crippen molar-refractivity contribution in [3.05, 3.63) is 28.2 Å². The van der Waals surface area contributed by atoms with E-state index in [1.54, 1.807) is 0 Å². The molecule has 1 aromatic carbocycles. The lowest BCUT2D eigenvalue weighted by atomic mass is 9.83. The molecule has 1 fully saturated rings. The molecule has 18 heavy (non-hydrogen) atoms. The van der Waals surface area contributed by atoms with E-state index in [0.717, 1.165) is 28.5 Å². The highest BCUT2D eigenvalue weighted by Crippen LogP contribution is 2.29. The molecule has 96 valence electrons. The van der Waals surface area contributed by atoms with Gasteiger partial charge < -0.3 is 5.32 Å². The second kappa shape index (κ2) is 6.24. The zero-order valence-electron chi connectivity index (χ0n) is 10.7. The minimum absolute atomic E-state index is 0.693. The van der Waals surface area contributed by atoms with Gasteiger partial charge in [0.15, 0.2) is 0 Å². The summed E-state index contributed by atoms with van der Waals surface area (Å²) in [6.07, 6.45) is 5.39. The highest BCUT2D eigenvalue weighted by Gasteiger charge is 2.17. The molecule has 0 heterocycles. The van der Waals surface area contributed by atoms with Gasteiger partial charge in [0, 0.05) is 16.7 Å². The van der Waals surface area contributed by atoms with Crippen molar-refractivity contribution in [1.82, 2.24) is 0 Å². The number of nitrogens with one attached hydrogen (secondary N) is 1. The fourth-order valence-corrected chi connectivity index (χ4v) is 3.03. The summed E-state index contributed by atoms with van der Waals surface area (Å²) in [4.78, 5) is 0. The van der Waals surface area contributed by atoms with Crippen LogP contribution in [0, 0.1) is 23.2 Å². The molecule has 1 aliphatic carbocycles. The lowest BCUT2D eigenvalue weighted by molar-refractivity contribution is 0.300. The average Bonchev–Trinajstić information content (AvgIpc) is 2.39. The molecule has 0 unspecified atom stereocenters. The van der Waals surface area contributed by atoms with Gasteiger partial charge in [-0.05, 0) is 58.8 Å². The second-order valence-corrected chi connectivity index (χ2v) is 6.17. The van der Waals surface area contributed by atoms with Crippen molar-refractivity contribution in [2.24, 2.45) is 11.8 Å². The van der Waals surface area contributed by atoms with Gasteiger partial charge in [-0.2, -0.15) is 5.26 Å². The van der Waals surface area contributed by atoms with Gasteiger partial charge in [0.2, 0.25) is 0 Å². The molecule has 2 nitrogen and oxygen atoms in total. The van der Waals surface area contributed by atoms with E-state index in [0.29, 0.717) is 5.56 Å². The Morgan fingerprint density at radius 1 is 1.33 bits per heavy atom. The van der Waals surface area contributed by atoms with Crippen LogP contribution in [0.25, 0.3) is 0 Å². The van der Waals surface area contributed by atoms with E-state index in [-0.39, 0.29) is 0 Å². The van der Waals surface area contributed by atoms with E-state index in [1.165, 1.54) is 25.7 Å². The Kier molecular flexibility index (Phi) is 4.66. The van der Waals surface area contributed by atoms with Gasteiger partial charge in [0.25, 0.3) is 0 Å². The summed E-state index contributed by atoms with van der Waals surface area (Å²) in [7, 11) is 0. The summed E-state index contributed by atoms with van der Waals surface area (Å²) in [6.45, 7) is 3.39. The third kappa shape index (κ3) is 3.49. The third-order valence-electron chi connectivity index (χ3n) is 3.81. The fraction of sp³-hybridized carbons (Fsp3) is 0.533. The van der Waals surface area contributed by atoms with Crippen LogP contribution >= 0.6 is 15.9 Å². The molecule has 1 aliphatic rings. The monoisotopic (exact) mass is 306 g/mol. The summed E-state index contributed by atoms with van der Waals surface area (Å²) in [6, 6.07) is 7.85. The SMILES string of the molecule is CC1CCC(CNc2ccc(C#N)cc2Br)CC1. The number of nitrogens with zero attached hydrogens (tertiary/aromatic N) is 1. The van der Waals surface area contributed by atoms with Crippen LogP contribution in [0.3, 0.4) is 0 Å². The number of hydrogen-bond acceptors (Lipinski definition) is 2. The van der Waals surface area contributed by atoms with Gasteiger partial charge in [-0.25, -0.2) is 0 Å². The summed E-state index contributed by atoms with van der Waals surface area (Å²) in [5.74, 6) is 1.70. The maximum atomic E-state index is 8.82. The minimum atomic E-state index is 0.693. The van der Waals surface area contributed by atoms with Crippen LogP contribution in [-0.4, -0.2) is 6.54 Å². The van der Waals surface area contributed by atoms with Crippen molar-refractivity contribution in [1.29, 1.82) is 5.26 Å². The molecular formula is C15H19BrN2. The molecule has 0 atom stereocenters. The van der Waals surface area contributed by atoms with Gasteiger partial charge in [-0.15, -0.1) is 0 Å². The molecule has 1 N–H and O–H groups in total. The van der Waals surface area contributed by atoms with Crippen molar-refractivity contribution in [3.63, 3.8) is 0 Å². The number of nitriles is 1. The van der Waals surface area contributed by atoms with E-state index in [4.69, 9.17) is 5.26 Å². The van der Waals surface area contributed by atoms with Crippen molar-refractivity contribution in [2.45, 2.75) is 32.6 Å². The number of rotatable bonds is 3. The molecule has 0 aromatic heterocycles. The van der Waals surface area contributed by atoms with Crippen LogP contribution in [0.1, 0.15) is 38.2 Å². The molecule has 0 saturated heterocycles. The zero-order valence-corrected chi connectivity index (χ0v) is 12.3. The zero-order chi connectivity index (χ0) is 13.0. The molecule has 2 rings (SSSR count). The van der Waals surface area contributed by atoms with Crippen LogP contribution < -0.4 is 5.32 Å². The Morgan fingerprint density at radius 2 is 2.06 bits per heavy atom. The summed E-state index contributed by atoms with van der Waals surface area (Å²) in [5, 5.41) is 12.3. The van der Waals surface area contributed by atoms with Crippen LogP contribution in [0.5, 0.6) is 0 Å². The lowest BCUT2D eigenvalue weighted by Crippen LogP contribution is -2.20. The van der Waals surface area contributed by atoms with Gasteiger partial charge in [0.05, 0.1) is 11.6 Å². The average molecular weight is 307 g/mol. The van der Waals surface area contributed by atoms with Gasteiger partial charge in [0.1, 0.15) is 0 Å². The summed E-state index contributed by atoms with van der Waals surface area (Å²) < 4.78 is 0.978. The Morgan fingerprint density at radius 3 is 2.67 bits per heavy atom. The lowest BCUT2D eigenvalue weighted by Gasteiger charge is -2.26. The highest BCUT2D eigenvalue weighted by molar-refractivity contribution is 9.10. The molecule has 0 spiro atoms. The van der Waals surface area contributed by atoms with E-state index in [9.17, 15) is 0 Å². The van der Waals surface area contributed by atoms with Crippen LogP contribution in [0.15, 0.2) is 22.7 Å². The molecular weight excluding hydrogens is 288 g/mol. The molecule has 1 aromatic rings. The fourth-order valence-electron chi connectivity index (χ4n) is 2.52. The Balaban J connectivity index is 1.89. The van der Waals surface area contributed by atoms with Crippen LogP contribution in [0.4, 0.5) is 5.69 Å². The third-order valence-corrected chi connectivity index (χ3v) is 4.47. The standard InChI is InChI=1S/C15H19BrN2/c1-11-2-4-12(5-3-11)10-18-15-7-6-13(9-17)8-14(15)16/h6-8,11-12,18H,2-5,10H2,1H3. The Hall–Kier alpha value is -1.01. The number of halogens is 1. The largest absolute Gasteiger partial charge is 0.384 e. The van der Waals surface area contributed by atoms with E-state index < -0.39 is 0 Å². The molecule has 3 heteroatoms. The molecule has 0 radical (unpaired) electrons. The van der Waals surface area contributed by atoms with Crippen molar-refractivity contribution in [2.75, 3.05) is 11.9 Å². The van der Waals surface area contributed by atoms with E-state index in [2.05, 4.69) is 34.2 Å². The smallest absolute Gasteiger partial charge is 0.0992 e. The maximum Gasteiger partial charge on any atom is 0.0992 e. The Bertz CT molecular complexity index is 442. The predicted octanol–water partition coefficient (Wildman–Crippen LogP) is 4.56. The second-order valence-electron chi connectivity index (χ2n) is 5.31. The van der Waals surface area contributed by atoms with Crippen molar-refractivity contribution < 1.29 is 0 Å². The molecule has 1 saturated carbocycles. The first kappa shape index (κ1) is 13.4. The minimum Gasteiger partial charge on any atom is -0.384 e. The highest BCUT2D eigenvalue weighted by atomic mass is 79.9. The normalized spacial score (nSPS) is 23.4. The van der Waals surface area contributed by atoms with Gasteiger partial charge in [-0.1, -0.05) is 19.8 Å². The van der Waals surface area contributed by atoms with Crippen LogP contribution in [-0.2, 0) is 0 Å². The predicted molar refractivity (Wildman–Crippen MR) is 78.5 cm³/mol. The molecule has 0 aliphatic heterocycles. The number of hydrogen-bond donors (Lipinski definition) is 1. The van der Waals surface area contributed by atoms with Crippen molar-refractivity contribution in [3.8, 4) is 6.07 Å². The quantitative estimate of drug-likeness (QED) is 0.888. The number of benzene rings is 1. The molecule has 0 amide bonds. The molecule has 0 bridgehead atoms. The van der Waals surface area contributed by atoms with E-state index in [1.807, 2.05) is 18.2 Å². The maximum absolute atomic E-state index is 8.82. The van der Waals surface area contributed by atoms with Gasteiger partial charge in [-0.3, -0.25) is 0 Å². The van der Waals surface area contributed by atoms with E-state index >= 15 is 0 Å². The van der Waals surface area contributed by atoms with Gasteiger partial charge >= 0.3 is 0 Å². The first-order valence-electron chi connectivity index (χ1n) is 6.62. The van der Waals surface area contributed by atoms with Crippen LogP contribution in [0.2, 0.25) is 0 Å². The first-order chi connectivity index (χ1) is 8.69. The summed E-state index contributed by atoms with van der Waals surface area (Å²) >= 11 is 3.51. The number of anilines is 1. The first-order valence-corrected chi connectivity index (χ1v) is 7.42. The summed E-state index contributed by atoms with van der Waals surface area (Å²) in [5.41, 5.74) is 1.78. The Labute approximate surface area is 118 Å². The topological polar surface area (TPSA) is 35.8 Å². The van der Waals surface area contributed by atoms with Crippen molar-refractivity contribution >= 4 is 21.6 Å².